The van der Waals surface area contributed by atoms with Gasteiger partial charge in [-0.15, -0.1) is 24.8 Å². The molecule has 2 unspecified atom stereocenters. The molecular weight excluding hydrogens is 399 g/mol. The van der Waals surface area contributed by atoms with E-state index in [1.54, 1.807) is 6.20 Å². The smallest absolute Gasteiger partial charge is 0.253 e. The van der Waals surface area contributed by atoms with Gasteiger partial charge in [-0.1, -0.05) is 0 Å². The van der Waals surface area contributed by atoms with Crippen LogP contribution >= 0.6 is 24.8 Å². The van der Waals surface area contributed by atoms with Crippen molar-refractivity contribution in [3.8, 4) is 0 Å². The Kier molecular flexibility index (Phi) is 8.10. The first kappa shape index (κ1) is 22.5. The number of halogens is 2. The number of aromatic nitrogens is 3. The SMILES string of the molecule is Cl.Cl.Cn1ccc(C2CCCN(c3ccc(C(=O)NC4CCNC4)cn3)C2)n1. The second-order valence-corrected chi connectivity index (χ2v) is 7.27. The van der Waals surface area contributed by atoms with Gasteiger partial charge in [0.25, 0.3) is 5.91 Å². The summed E-state index contributed by atoms with van der Waals surface area (Å²) in [7, 11) is 1.96. The van der Waals surface area contributed by atoms with Gasteiger partial charge in [-0.05, 0) is 44.0 Å². The lowest BCUT2D eigenvalue weighted by Gasteiger charge is -2.32. The highest BCUT2D eigenvalue weighted by Gasteiger charge is 2.24. The predicted molar refractivity (Wildman–Crippen MR) is 115 cm³/mol. The third-order valence-corrected chi connectivity index (χ3v) is 5.30. The van der Waals surface area contributed by atoms with E-state index < -0.39 is 0 Å². The highest BCUT2D eigenvalue weighted by Crippen LogP contribution is 2.28. The van der Waals surface area contributed by atoms with E-state index in [2.05, 4.69) is 31.7 Å². The highest BCUT2D eigenvalue weighted by molar-refractivity contribution is 5.94. The van der Waals surface area contributed by atoms with Crippen LogP contribution in [0.15, 0.2) is 30.6 Å². The van der Waals surface area contributed by atoms with Gasteiger partial charge in [0.05, 0.1) is 11.3 Å². The molecule has 0 spiro atoms. The van der Waals surface area contributed by atoms with Crippen molar-refractivity contribution < 1.29 is 4.79 Å². The van der Waals surface area contributed by atoms with Crippen LogP contribution in [0.1, 0.15) is 41.2 Å². The summed E-state index contributed by atoms with van der Waals surface area (Å²) in [5, 5.41) is 10.9. The average Bonchev–Trinajstić information content (AvgIpc) is 3.34. The Bertz CT molecular complexity index is 760. The van der Waals surface area contributed by atoms with Gasteiger partial charge in [0, 0.05) is 51.0 Å². The number of anilines is 1. The molecule has 7 nitrogen and oxygen atoms in total. The van der Waals surface area contributed by atoms with E-state index in [4.69, 9.17) is 0 Å². The Morgan fingerprint density at radius 1 is 1.25 bits per heavy atom. The maximum atomic E-state index is 12.3. The van der Waals surface area contributed by atoms with E-state index in [0.717, 1.165) is 57.0 Å². The summed E-state index contributed by atoms with van der Waals surface area (Å²) in [5.41, 5.74) is 1.78. The van der Waals surface area contributed by atoms with Crippen molar-refractivity contribution in [3.63, 3.8) is 0 Å². The van der Waals surface area contributed by atoms with E-state index >= 15 is 0 Å². The number of nitrogens with zero attached hydrogens (tertiary/aromatic N) is 4. The summed E-state index contributed by atoms with van der Waals surface area (Å²) >= 11 is 0. The van der Waals surface area contributed by atoms with Crippen molar-refractivity contribution in [2.75, 3.05) is 31.1 Å². The van der Waals surface area contributed by atoms with Crippen molar-refractivity contribution in [1.82, 2.24) is 25.4 Å². The molecule has 0 aliphatic carbocycles. The molecule has 2 aromatic heterocycles. The molecule has 154 valence electrons. The monoisotopic (exact) mass is 426 g/mol. The lowest BCUT2D eigenvalue weighted by molar-refractivity contribution is 0.0939. The number of hydrogen-bond acceptors (Lipinski definition) is 5. The Balaban J connectivity index is 0.00000140. The number of rotatable bonds is 4. The van der Waals surface area contributed by atoms with E-state index in [9.17, 15) is 4.79 Å². The lowest BCUT2D eigenvalue weighted by Crippen LogP contribution is -2.36. The third kappa shape index (κ3) is 5.16. The Morgan fingerprint density at radius 3 is 2.75 bits per heavy atom. The van der Waals surface area contributed by atoms with Crippen LogP contribution in [0.2, 0.25) is 0 Å². The molecule has 2 atom stereocenters. The largest absolute Gasteiger partial charge is 0.356 e. The predicted octanol–water partition coefficient (Wildman–Crippen LogP) is 2.13. The molecule has 0 bridgehead atoms. The molecule has 2 aromatic rings. The number of amides is 1. The normalized spacial score (nSPS) is 21.5. The number of carbonyl (C=O) groups is 1. The molecule has 2 aliphatic heterocycles. The first-order valence-electron chi connectivity index (χ1n) is 9.41. The Labute approximate surface area is 178 Å². The number of pyridine rings is 1. The van der Waals surface area contributed by atoms with Gasteiger partial charge in [0.2, 0.25) is 0 Å². The fourth-order valence-corrected chi connectivity index (χ4v) is 3.83. The van der Waals surface area contributed by atoms with Gasteiger partial charge in [0.1, 0.15) is 5.82 Å². The molecule has 0 aromatic carbocycles. The van der Waals surface area contributed by atoms with Gasteiger partial charge >= 0.3 is 0 Å². The second-order valence-electron chi connectivity index (χ2n) is 7.27. The topological polar surface area (TPSA) is 75.1 Å². The van der Waals surface area contributed by atoms with Crippen molar-refractivity contribution in [2.45, 2.75) is 31.2 Å². The van der Waals surface area contributed by atoms with Crippen molar-refractivity contribution >= 4 is 36.5 Å². The van der Waals surface area contributed by atoms with Crippen molar-refractivity contribution in [1.29, 1.82) is 0 Å². The Morgan fingerprint density at radius 2 is 2.11 bits per heavy atom. The molecule has 0 radical (unpaired) electrons. The van der Waals surface area contributed by atoms with Crippen LogP contribution in [-0.4, -0.2) is 52.9 Å². The van der Waals surface area contributed by atoms with Gasteiger partial charge in [-0.3, -0.25) is 9.48 Å². The van der Waals surface area contributed by atoms with Gasteiger partial charge in [-0.25, -0.2) is 4.98 Å². The summed E-state index contributed by atoms with van der Waals surface area (Å²) in [6.45, 7) is 3.73. The van der Waals surface area contributed by atoms with E-state index in [-0.39, 0.29) is 36.8 Å². The molecule has 28 heavy (non-hydrogen) atoms. The first-order valence-corrected chi connectivity index (χ1v) is 9.41. The fraction of sp³-hybridized carbons (Fsp3) is 0.526. The van der Waals surface area contributed by atoms with Gasteiger partial charge < -0.3 is 15.5 Å². The minimum absolute atomic E-state index is 0. The zero-order chi connectivity index (χ0) is 17.9. The quantitative estimate of drug-likeness (QED) is 0.782. The number of piperidine rings is 1. The van der Waals surface area contributed by atoms with Crippen LogP contribution in [0.3, 0.4) is 0 Å². The van der Waals surface area contributed by atoms with Crippen LogP contribution < -0.4 is 15.5 Å². The summed E-state index contributed by atoms with van der Waals surface area (Å²) in [6, 6.07) is 6.17. The van der Waals surface area contributed by atoms with E-state index in [1.807, 2.05) is 30.1 Å². The van der Waals surface area contributed by atoms with Crippen LogP contribution in [0.5, 0.6) is 0 Å². The molecule has 0 saturated carbocycles. The van der Waals surface area contributed by atoms with Crippen LogP contribution in [0.25, 0.3) is 0 Å². The molecule has 2 fully saturated rings. The number of nitrogens with one attached hydrogen (secondary N) is 2. The third-order valence-electron chi connectivity index (χ3n) is 5.30. The molecule has 2 aliphatic rings. The molecule has 4 rings (SSSR count). The lowest BCUT2D eigenvalue weighted by atomic mass is 9.95. The summed E-state index contributed by atoms with van der Waals surface area (Å²) in [5.74, 6) is 1.33. The van der Waals surface area contributed by atoms with Crippen molar-refractivity contribution in [3.05, 3.63) is 41.9 Å². The van der Waals surface area contributed by atoms with Crippen LogP contribution in [0, 0.1) is 0 Å². The average molecular weight is 427 g/mol. The first-order chi connectivity index (χ1) is 12.7. The maximum Gasteiger partial charge on any atom is 0.253 e. The summed E-state index contributed by atoms with van der Waals surface area (Å²) in [4.78, 5) is 19.2. The zero-order valence-electron chi connectivity index (χ0n) is 16.0. The number of hydrogen-bond donors (Lipinski definition) is 2. The van der Waals surface area contributed by atoms with Gasteiger partial charge in [-0.2, -0.15) is 5.10 Å². The summed E-state index contributed by atoms with van der Waals surface area (Å²) in [6.07, 6.45) is 6.96. The highest BCUT2D eigenvalue weighted by atomic mass is 35.5. The minimum atomic E-state index is -0.0391. The molecule has 4 heterocycles. The standard InChI is InChI=1S/C19H26N6O.2ClH/c1-24-10-7-17(23-24)15-3-2-9-25(13-15)18-5-4-14(11-21-18)19(26)22-16-6-8-20-12-16;;/h4-5,7,10-11,15-16,20H,2-3,6,8-9,12-13H2,1H3,(H,22,26);2*1H. The number of carbonyl (C=O) groups excluding carboxylic acids is 1. The Hall–Kier alpha value is -1.83. The number of aryl methyl sites for hydroxylation is 1. The van der Waals surface area contributed by atoms with Crippen molar-refractivity contribution in [2.24, 2.45) is 7.05 Å². The minimum Gasteiger partial charge on any atom is -0.356 e. The fourth-order valence-electron chi connectivity index (χ4n) is 3.83. The van der Waals surface area contributed by atoms with E-state index in [0.29, 0.717) is 11.5 Å². The summed E-state index contributed by atoms with van der Waals surface area (Å²) < 4.78 is 1.86. The second kappa shape index (κ2) is 10.1. The molecule has 1 amide bonds. The molecule has 2 saturated heterocycles. The van der Waals surface area contributed by atoms with Crippen LogP contribution in [-0.2, 0) is 7.05 Å². The molecular formula is C19H28Cl2N6O. The van der Waals surface area contributed by atoms with E-state index in [1.165, 1.54) is 0 Å². The molecule has 2 N–H and O–H groups in total. The van der Waals surface area contributed by atoms with Crippen LogP contribution in [0.4, 0.5) is 5.82 Å². The van der Waals surface area contributed by atoms with Gasteiger partial charge in [0.15, 0.2) is 0 Å². The zero-order valence-corrected chi connectivity index (χ0v) is 17.6. The molecule has 9 heteroatoms. The maximum absolute atomic E-state index is 12.3.